The van der Waals surface area contributed by atoms with E-state index in [1.165, 1.54) is 0 Å². The SMILES string of the molecule is CCOC(=O)C1CCC(Oc2ccc(C(=O)NCCNC(=O)c3ccccc3Cl)cc2)CC1. The Bertz CT molecular complexity index is 956. The van der Waals surface area contributed by atoms with Crippen LogP contribution in [-0.4, -0.2) is 43.6 Å². The number of carbonyl (C=O) groups is 3. The van der Waals surface area contributed by atoms with Crippen molar-refractivity contribution in [3.05, 3.63) is 64.7 Å². The smallest absolute Gasteiger partial charge is 0.308 e. The monoisotopic (exact) mass is 472 g/mol. The van der Waals surface area contributed by atoms with E-state index in [2.05, 4.69) is 10.6 Å². The highest BCUT2D eigenvalue weighted by Gasteiger charge is 2.28. The van der Waals surface area contributed by atoms with Gasteiger partial charge in [-0.3, -0.25) is 14.4 Å². The molecule has 0 saturated heterocycles. The quantitative estimate of drug-likeness (QED) is 0.425. The van der Waals surface area contributed by atoms with Crippen molar-refractivity contribution in [2.45, 2.75) is 38.7 Å². The van der Waals surface area contributed by atoms with Gasteiger partial charge in [-0.2, -0.15) is 0 Å². The number of benzene rings is 2. The van der Waals surface area contributed by atoms with Gasteiger partial charge in [-0.05, 0) is 69.0 Å². The number of hydrogen-bond donors (Lipinski definition) is 2. The molecule has 2 aromatic carbocycles. The van der Waals surface area contributed by atoms with E-state index in [0.717, 1.165) is 25.7 Å². The minimum Gasteiger partial charge on any atom is -0.490 e. The third-order valence-corrected chi connectivity index (χ3v) is 5.86. The average molecular weight is 473 g/mol. The normalized spacial score (nSPS) is 17.6. The van der Waals surface area contributed by atoms with Gasteiger partial charge in [0, 0.05) is 18.7 Å². The summed E-state index contributed by atoms with van der Waals surface area (Å²) in [5.74, 6) is 0.0225. The van der Waals surface area contributed by atoms with Gasteiger partial charge in [-0.15, -0.1) is 0 Å². The van der Waals surface area contributed by atoms with E-state index in [4.69, 9.17) is 21.1 Å². The van der Waals surface area contributed by atoms with Crippen LogP contribution in [0, 0.1) is 5.92 Å². The molecule has 0 atom stereocenters. The lowest BCUT2D eigenvalue weighted by molar-refractivity contribution is -0.149. The zero-order valence-corrected chi connectivity index (χ0v) is 19.4. The molecule has 2 aromatic rings. The first-order valence-corrected chi connectivity index (χ1v) is 11.6. The zero-order chi connectivity index (χ0) is 23.6. The number of nitrogens with one attached hydrogen (secondary N) is 2. The van der Waals surface area contributed by atoms with E-state index in [-0.39, 0.29) is 42.9 Å². The largest absolute Gasteiger partial charge is 0.490 e. The van der Waals surface area contributed by atoms with Gasteiger partial charge in [0.25, 0.3) is 11.8 Å². The summed E-state index contributed by atoms with van der Waals surface area (Å²) in [4.78, 5) is 36.3. The number of amides is 2. The van der Waals surface area contributed by atoms with Crippen molar-refractivity contribution in [2.75, 3.05) is 19.7 Å². The Hall–Kier alpha value is -3.06. The molecule has 1 aliphatic rings. The molecule has 2 amide bonds. The van der Waals surface area contributed by atoms with Crippen LogP contribution in [0.4, 0.5) is 0 Å². The highest BCUT2D eigenvalue weighted by Crippen LogP contribution is 2.28. The maximum atomic E-state index is 12.3. The summed E-state index contributed by atoms with van der Waals surface area (Å²) in [7, 11) is 0. The zero-order valence-electron chi connectivity index (χ0n) is 18.6. The fourth-order valence-electron chi connectivity index (χ4n) is 3.75. The second kappa shape index (κ2) is 12.3. The van der Waals surface area contributed by atoms with Crippen molar-refractivity contribution in [2.24, 2.45) is 5.92 Å². The summed E-state index contributed by atoms with van der Waals surface area (Å²) in [6, 6.07) is 13.7. The minimum atomic E-state index is -0.285. The number of carbonyl (C=O) groups excluding carboxylic acids is 3. The maximum absolute atomic E-state index is 12.3. The molecule has 33 heavy (non-hydrogen) atoms. The number of ether oxygens (including phenoxy) is 2. The van der Waals surface area contributed by atoms with Crippen molar-refractivity contribution in [3.8, 4) is 5.75 Å². The predicted octanol–water partition coefficient (Wildman–Crippen LogP) is 4.00. The molecule has 8 heteroatoms. The summed E-state index contributed by atoms with van der Waals surface area (Å²) < 4.78 is 11.1. The van der Waals surface area contributed by atoms with Crippen LogP contribution in [-0.2, 0) is 9.53 Å². The van der Waals surface area contributed by atoms with E-state index in [9.17, 15) is 14.4 Å². The molecule has 0 aliphatic heterocycles. The molecule has 3 rings (SSSR count). The topological polar surface area (TPSA) is 93.7 Å². The maximum Gasteiger partial charge on any atom is 0.308 e. The van der Waals surface area contributed by atoms with E-state index >= 15 is 0 Å². The molecule has 0 heterocycles. The lowest BCUT2D eigenvalue weighted by atomic mass is 9.87. The first kappa shape index (κ1) is 24.6. The van der Waals surface area contributed by atoms with Crippen molar-refractivity contribution in [1.29, 1.82) is 0 Å². The average Bonchev–Trinajstić information content (AvgIpc) is 2.83. The van der Waals surface area contributed by atoms with Crippen molar-refractivity contribution in [3.63, 3.8) is 0 Å². The number of halogens is 1. The van der Waals surface area contributed by atoms with Crippen molar-refractivity contribution < 1.29 is 23.9 Å². The number of rotatable bonds is 9. The van der Waals surface area contributed by atoms with Crippen LogP contribution in [0.15, 0.2) is 48.5 Å². The molecule has 1 aliphatic carbocycles. The van der Waals surface area contributed by atoms with E-state index in [1.54, 1.807) is 48.5 Å². The molecule has 0 aromatic heterocycles. The second-order valence-electron chi connectivity index (χ2n) is 7.86. The molecule has 1 saturated carbocycles. The Morgan fingerprint density at radius 3 is 2.18 bits per heavy atom. The lowest BCUT2D eigenvalue weighted by Crippen LogP contribution is -2.34. The first-order valence-electron chi connectivity index (χ1n) is 11.2. The Balaban J connectivity index is 1.38. The van der Waals surface area contributed by atoms with Gasteiger partial charge in [0.15, 0.2) is 0 Å². The van der Waals surface area contributed by atoms with Crippen LogP contribution in [0.1, 0.15) is 53.3 Å². The summed E-state index contributed by atoms with van der Waals surface area (Å²) in [5, 5.41) is 5.89. The summed E-state index contributed by atoms with van der Waals surface area (Å²) in [5.41, 5.74) is 0.904. The standard InChI is InChI=1S/C25H29ClN2O5/c1-2-32-25(31)18-9-13-20(14-10-18)33-19-11-7-17(8-12-19)23(29)27-15-16-28-24(30)21-5-3-4-6-22(21)26/h3-8,11-12,18,20H,2,9-10,13-16H2,1H3,(H,27,29)(H,28,30). The lowest BCUT2D eigenvalue weighted by Gasteiger charge is -2.27. The fourth-order valence-corrected chi connectivity index (χ4v) is 3.97. The van der Waals surface area contributed by atoms with Crippen LogP contribution < -0.4 is 15.4 Å². The summed E-state index contributed by atoms with van der Waals surface area (Å²) >= 11 is 6.01. The van der Waals surface area contributed by atoms with Crippen molar-refractivity contribution in [1.82, 2.24) is 10.6 Å². The van der Waals surface area contributed by atoms with Gasteiger partial charge in [-0.25, -0.2) is 0 Å². The van der Waals surface area contributed by atoms with Gasteiger partial charge in [0.2, 0.25) is 0 Å². The summed E-state index contributed by atoms with van der Waals surface area (Å²) in [6.45, 7) is 2.80. The summed E-state index contributed by atoms with van der Waals surface area (Å²) in [6.07, 6.45) is 3.17. The molecule has 0 unspecified atom stereocenters. The molecular formula is C25H29ClN2O5. The predicted molar refractivity (Wildman–Crippen MR) is 126 cm³/mol. The van der Waals surface area contributed by atoms with Crippen LogP contribution >= 0.6 is 11.6 Å². The van der Waals surface area contributed by atoms with E-state index in [1.807, 2.05) is 6.92 Å². The molecule has 0 radical (unpaired) electrons. The third kappa shape index (κ3) is 7.22. The van der Waals surface area contributed by atoms with Gasteiger partial charge >= 0.3 is 5.97 Å². The van der Waals surface area contributed by atoms with E-state index in [0.29, 0.717) is 28.5 Å². The first-order chi connectivity index (χ1) is 16.0. The van der Waals surface area contributed by atoms with E-state index < -0.39 is 0 Å². The fraction of sp³-hybridized carbons (Fsp3) is 0.400. The van der Waals surface area contributed by atoms with Gasteiger partial charge < -0.3 is 20.1 Å². The molecule has 0 bridgehead atoms. The minimum absolute atomic E-state index is 0.0367. The molecule has 176 valence electrons. The van der Waals surface area contributed by atoms with Crippen LogP contribution in [0.2, 0.25) is 5.02 Å². The van der Waals surface area contributed by atoms with Gasteiger partial charge in [-0.1, -0.05) is 23.7 Å². The molecule has 1 fully saturated rings. The van der Waals surface area contributed by atoms with Crippen molar-refractivity contribution >= 4 is 29.4 Å². The second-order valence-corrected chi connectivity index (χ2v) is 8.27. The van der Waals surface area contributed by atoms with Gasteiger partial charge in [0.1, 0.15) is 5.75 Å². The highest BCUT2D eigenvalue weighted by molar-refractivity contribution is 6.33. The molecule has 0 spiro atoms. The van der Waals surface area contributed by atoms with Crippen LogP contribution in [0.5, 0.6) is 5.75 Å². The Morgan fingerprint density at radius 1 is 0.909 bits per heavy atom. The Labute approximate surface area is 198 Å². The Morgan fingerprint density at radius 2 is 1.55 bits per heavy atom. The van der Waals surface area contributed by atoms with Crippen LogP contribution in [0.25, 0.3) is 0 Å². The highest BCUT2D eigenvalue weighted by atomic mass is 35.5. The number of esters is 1. The molecule has 2 N–H and O–H groups in total. The molecule has 7 nitrogen and oxygen atoms in total. The van der Waals surface area contributed by atoms with Crippen LogP contribution in [0.3, 0.4) is 0 Å². The van der Waals surface area contributed by atoms with Gasteiger partial charge in [0.05, 0.1) is 29.2 Å². The Kier molecular flexibility index (Phi) is 9.13. The molecular weight excluding hydrogens is 444 g/mol. The number of hydrogen-bond acceptors (Lipinski definition) is 5. The third-order valence-electron chi connectivity index (χ3n) is 5.53.